The van der Waals surface area contributed by atoms with Crippen molar-refractivity contribution in [3.05, 3.63) is 91.4 Å². The summed E-state index contributed by atoms with van der Waals surface area (Å²) in [4.78, 5) is 29.6. The molecule has 3 aromatic rings. The van der Waals surface area contributed by atoms with Crippen molar-refractivity contribution in [2.24, 2.45) is 0 Å². The van der Waals surface area contributed by atoms with Gasteiger partial charge in [-0.15, -0.1) is 0 Å². The van der Waals surface area contributed by atoms with E-state index in [1.54, 1.807) is 18.7 Å². The minimum Gasteiger partial charge on any atom is -0.352 e. The van der Waals surface area contributed by atoms with Gasteiger partial charge in [0, 0.05) is 30.0 Å². The third-order valence-electron chi connectivity index (χ3n) is 6.19. The monoisotopic (exact) mass is 662 g/mol. The molecule has 2 amide bonds. The van der Waals surface area contributed by atoms with Gasteiger partial charge in [-0.25, -0.2) is 4.98 Å². The van der Waals surface area contributed by atoms with Gasteiger partial charge < -0.3 is 15.2 Å². The molecular weight excluding hydrogens is 644 g/mol. The Balaban J connectivity index is 1.43. The van der Waals surface area contributed by atoms with Gasteiger partial charge in [0.2, 0.25) is 5.91 Å². The number of alkyl halides is 3. The molecule has 2 N–H and O–H groups in total. The fourth-order valence-corrected chi connectivity index (χ4v) is 5.09. The first-order valence-corrected chi connectivity index (χ1v) is 13.6. The lowest BCUT2D eigenvalue weighted by atomic mass is 9.97. The highest BCUT2D eigenvalue weighted by Crippen LogP contribution is 2.41. The lowest BCUT2D eigenvalue weighted by Crippen LogP contribution is -2.49. The van der Waals surface area contributed by atoms with Crippen molar-refractivity contribution in [2.75, 3.05) is 6.54 Å². The molecule has 2 aromatic carbocycles. The second kappa shape index (κ2) is 11.9. The summed E-state index contributed by atoms with van der Waals surface area (Å²) in [6, 6.07) is 6.76. The van der Waals surface area contributed by atoms with Crippen LogP contribution in [0, 0.1) is 0 Å². The fourth-order valence-electron chi connectivity index (χ4n) is 3.90. The number of amides is 2. The average molecular weight is 665 g/mol. The van der Waals surface area contributed by atoms with Crippen LogP contribution in [0.25, 0.3) is 6.08 Å². The smallest absolute Gasteiger partial charge is 0.352 e. The Morgan fingerprint density at radius 3 is 2.41 bits per heavy atom. The van der Waals surface area contributed by atoms with Crippen LogP contribution in [-0.2, 0) is 11.3 Å². The Labute approximate surface area is 245 Å². The summed E-state index contributed by atoms with van der Waals surface area (Å²) in [5.74, 6) is -2.74. The van der Waals surface area contributed by atoms with Crippen LogP contribution in [-0.4, -0.2) is 39.6 Å². The normalized spacial score (nSPS) is 15.3. The van der Waals surface area contributed by atoms with Gasteiger partial charge >= 0.3 is 6.18 Å². The second-order valence-electron chi connectivity index (χ2n) is 9.01. The van der Waals surface area contributed by atoms with E-state index in [4.69, 9.17) is 34.8 Å². The highest BCUT2D eigenvalue weighted by Gasteiger charge is 2.51. The van der Waals surface area contributed by atoms with E-state index in [-0.39, 0.29) is 32.1 Å². The number of nitrogens with zero attached hydrogens (tertiary/aromatic N) is 2. The molecule has 0 bridgehead atoms. The van der Waals surface area contributed by atoms with Crippen molar-refractivity contribution in [2.45, 2.75) is 37.0 Å². The maximum absolute atomic E-state index is 13.8. The van der Waals surface area contributed by atoms with Crippen LogP contribution in [0.15, 0.2) is 59.6 Å². The van der Waals surface area contributed by atoms with Gasteiger partial charge in [-0.1, -0.05) is 53.0 Å². The maximum atomic E-state index is 13.8. The zero-order valence-corrected chi connectivity index (χ0v) is 23.9. The predicted molar refractivity (Wildman–Crippen MR) is 148 cm³/mol. The summed E-state index contributed by atoms with van der Waals surface area (Å²) >= 11 is 21.1. The van der Waals surface area contributed by atoms with E-state index < -0.39 is 23.5 Å². The van der Waals surface area contributed by atoms with Crippen LogP contribution in [0.3, 0.4) is 0 Å². The number of hydrogen-bond donors (Lipinski definition) is 2. The zero-order chi connectivity index (χ0) is 28.4. The Hall–Kier alpha value is -2.53. The Morgan fingerprint density at radius 2 is 1.85 bits per heavy atom. The van der Waals surface area contributed by atoms with Gasteiger partial charge in [0.15, 0.2) is 0 Å². The summed E-state index contributed by atoms with van der Waals surface area (Å²) in [7, 11) is 0. The number of hydrogen-bond acceptors (Lipinski definition) is 3. The highest BCUT2D eigenvalue weighted by molar-refractivity contribution is 9.10. The molecule has 206 valence electrons. The number of halogens is 7. The third-order valence-corrected chi connectivity index (χ3v) is 8.04. The third kappa shape index (κ3) is 7.16. The molecule has 1 aliphatic rings. The van der Waals surface area contributed by atoms with Crippen LogP contribution in [0.4, 0.5) is 13.2 Å². The van der Waals surface area contributed by atoms with Crippen molar-refractivity contribution >= 4 is 68.6 Å². The van der Waals surface area contributed by atoms with Crippen molar-refractivity contribution in [1.29, 1.82) is 0 Å². The van der Waals surface area contributed by atoms with Gasteiger partial charge in [0.05, 0.1) is 32.9 Å². The van der Waals surface area contributed by atoms with Gasteiger partial charge in [-0.3, -0.25) is 9.59 Å². The van der Waals surface area contributed by atoms with Crippen LogP contribution in [0.1, 0.15) is 40.2 Å². The van der Waals surface area contributed by atoms with Gasteiger partial charge in [0.1, 0.15) is 5.54 Å². The molecule has 0 spiro atoms. The number of carbonyl (C=O) groups is 2. The Morgan fingerprint density at radius 1 is 1.15 bits per heavy atom. The lowest BCUT2D eigenvalue weighted by molar-refractivity contribution is -0.139. The average Bonchev–Trinajstić information content (AvgIpc) is 3.45. The summed E-state index contributed by atoms with van der Waals surface area (Å²) < 4.78 is 43.7. The first-order chi connectivity index (χ1) is 18.4. The van der Waals surface area contributed by atoms with Crippen molar-refractivity contribution < 1.29 is 22.8 Å². The largest absolute Gasteiger partial charge is 0.399 e. The highest BCUT2D eigenvalue weighted by atomic mass is 79.9. The quantitative estimate of drug-likeness (QED) is 0.241. The van der Waals surface area contributed by atoms with Crippen LogP contribution in [0.2, 0.25) is 15.1 Å². The standard InChI is InChI=1S/C26H21BrCl3F3N4O2/c27-19-11-15(2-4-18(26(31,32)33)16-12-20(28)22(30)21(29)13-16)1-3-17(19)23(38)36-25(5-6-25)24(39)35-8-10-37-9-7-34-14-37/h1-4,7,9,11-14,18H,5-6,8,10H2,(H,35,39)(H,36,38). The Bertz CT molecular complexity index is 1390. The Kier molecular flexibility index (Phi) is 9.00. The molecule has 39 heavy (non-hydrogen) atoms. The fraction of sp³-hybridized carbons (Fsp3) is 0.269. The molecule has 0 saturated heterocycles. The predicted octanol–water partition coefficient (Wildman–Crippen LogP) is 7.04. The second-order valence-corrected chi connectivity index (χ2v) is 11.1. The van der Waals surface area contributed by atoms with E-state index in [2.05, 4.69) is 31.5 Å². The molecule has 1 saturated carbocycles. The lowest BCUT2D eigenvalue weighted by Gasteiger charge is -2.19. The van der Waals surface area contributed by atoms with Crippen LogP contribution in [0.5, 0.6) is 0 Å². The summed E-state index contributed by atoms with van der Waals surface area (Å²) in [6.07, 6.45) is 3.72. The molecule has 0 aliphatic heterocycles. The van der Waals surface area contributed by atoms with Gasteiger partial charge in [0.25, 0.3) is 5.91 Å². The zero-order valence-electron chi connectivity index (χ0n) is 20.0. The van der Waals surface area contributed by atoms with Crippen molar-refractivity contribution in [3.63, 3.8) is 0 Å². The molecule has 0 radical (unpaired) electrons. The first-order valence-electron chi connectivity index (χ1n) is 11.6. The number of carbonyl (C=O) groups excluding carboxylic acids is 2. The van der Waals surface area contributed by atoms with E-state index in [0.29, 0.717) is 36.0 Å². The minimum absolute atomic E-state index is 0.0234. The number of aromatic nitrogens is 2. The van der Waals surface area contributed by atoms with Gasteiger partial charge in [-0.05, 0) is 64.2 Å². The van der Waals surface area contributed by atoms with Crippen LogP contribution < -0.4 is 10.6 Å². The molecule has 1 aromatic heterocycles. The number of rotatable bonds is 9. The molecule has 13 heteroatoms. The molecule has 1 heterocycles. The number of benzene rings is 2. The molecule has 4 rings (SSSR count). The van der Waals surface area contributed by atoms with E-state index in [0.717, 1.165) is 18.2 Å². The van der Waals surface area contributed by atoms with Crippen LogP contribution >= 0.6 is 50.7 Å². The molecule has 1 atom stereocenters. The molecule has 1 aliphatic carbocycles. The summed E-state index contributed by atoms with van der Waals surface area (Å²) in [6.45, 7) is 0.925. The van der Waals surface area contributed by atoms with E-state index in [1.807, 2.05) is 4.57 Å². The van der Waals surface area contributed by atoms with Crippen molar-refractivity contribution in [1.82, 2.24) is 20.2 Å². The van der Waals surface area contributed by atoms with Gasteiger partial charge in [-0.2, -0.15) is 13.2 Å². The molecule has 6 nitrogen and oxygen atoms in total. The van der Waals surface area contributed by atoms with Crippen molar-refractivity contribution in [3.8, 4) is 0 Å². The number of nitrogens with one attached hydrogen (secondary N) is 2. The minimum atomic E-state index is -4.62. The number of imidazole rings is 1. The van der Waals surface area contributed by atoms with E-state index in [1.165, 1.54) is 24.3 Å². The van der Waals surface area contributed by atoms with E-state index >= 15 is 0 Å². The first kappa shape index (κ1) is 29.5. The molecule has 1 unspecified atom stereocenters. The van der Waals surface area contributed by atoms with E-state index in [9.17, 15) is 22.8 Å². The SMILES string of the molecule is O=C(NC1(C(=O)NCCn2ccnc2)CC1)c1ccc(C=CC(c2cc(Cl)c(Cl)c(Cl)c2)C(F)(F)F)cc1Br. The summed E-state index contributed by atoms with van der Waals surface area (Å²) in [5, 5.41) is 5.43. The summed E-state index contributed by atoms with van der Waals surface area (Å²) in [5.41, 5.74) is -0.484. The maximum Gasteiger partial charge on any atom is 0.399 e. The number of allylic oxidation sites excluding steroid dienone is 1. The topological polar surface area (TPSA) is 76.0 Å². The molecule has 1 fully saturated rings. The molecular formula is C26H21BrCl3F3N4O2.